The maximum absolute atomic E-state index is 12.5. The van der Waals surface area contributed by atoms with E-state index >= 15 is 0 Å². The Hall–Kier alpha value is -2.60. The predicted octanol–water partition coefficient (Wildman–Crippen LogP) is 3.84. The molecular weight excluding hydrogens is 374 g/mol. The zero-order valence-corrected chi connectivity index (χ0v) is 17.5. The molecule has 28 heavy (non-hydrogen) atoms. The van der Waals surface area contributed by atoms with Crippen LogP contribution in [0.1, 0.15) is 45.1 Å². The van der Waals surface area contributed by atoms with Gasteiger partial charge in [0, 0.05) is 24.3 Å². The minimum atomic E-state index is -0.0679. The molecule has 0 saturated carbocycles. The summed E-state index contributed by atoms with van der Waals surface area (Å²) in [6.45, 7) is 9.81. The Balaban J connectivity index is 1.54. The maximum atomic E-state index is 12.5. The normalized spacial score (nSPS) is 11.0. The van der Waals surface area contributed by atoms with Gasteiger partial charge in [0.2, 0.25) is 0 Å². The van der Waals surface area contributed by atoms with Crippen LogP contribution in [0.3, 0.4) is 0 Å². The molecule has 2 aromatic heterocycles. The van der Waals surface area contributed by atoms with Gasteiger partial charge < -0.3 is 5.32 Å². The zero-order chi connectivity index (χ0) is 20.3. The first-order valence-electron chi connectivity index (χ1n) is 9.43. The van der Waals surface area contributed by atoms with Gasteiger partial charge in [-0.05, 0) is 57.9 Å². The number of aromatic nitrogens is 4. The van der Waals surface area contributed by atoms with Gasteiger partial charge >= 0.3 is 0 Å². The van der Waals surface area contributed by atoms with E-state index in [0.717, 1.165) is 41.3 Å². The van der Waals surface area contributed by atoms with Gasteiger partial charge in [0.05, 0.1) is 28.6 Å². The van der Waals surface area contributed by atoms with Crippen molar-refractivity contribution in [3.63, 3.8) is 0 Å². The Morgan fingerprint density at radius 2 is 1.89 bits per heavy atom. The van der Waals surface area contributed by atoms with Crippen LogP contribution >= 0.6 is 11.6 Å². The Morgan fingerprint density at radius 3 is 2.54 bits per heavy atom. The van der Waals surface area contributed by atoms with Crippen LogP contribution in [0.25, 0.3) is 0 Å². The lowest BCUT2D eigenvalue weighted by Crippen LogP contribution is -2.25. The molecule has 0 bridgehead atoms. The second-order valence-electron chi connectivity index (χ2n) is 7.10. The summed E-state index contributed by atoms with van der Waals surface area (Å²) in [7, 11) is 0. The molecule has 148 valence electrons. The molecule has 0 spiro atoms. The number of nitrogens with one attached hydrogen (secondary N) is 1. The average molecular weight is 400 g/mol. The monoisotopic (exact) mass is 399 g/mol. The van der Waals surface area contributed by atoms with Gasteiger partial charge in [0.25, 0.3) is 5.91 Å². The lowest BCUT2D eigenvalue weighted by molar-refractivity contribution is 0.0952. The molecule has 0 atom stereocenters. The highest BCUT2D eigenvalue weighted by Gasteiger charge is 2.10. The molecule has 0 aliphatic carbocycles. The first kappa shape index (κ1) is 20.1. The smallest absolute Gasteiger partial charge is 0.251 e. The fourth-order valence-corrected chi connectivity index (χ4v) is 3.38. The van der Waals surface area contributed by atoms with Crippen molar-refractivity contribution in [2.75, 3.05) is 6.54 Å². The molecule has 0 radical (unpaired) electrons. The SMILES string of the molecule is Cc1cc(C)n(Cc2cccc(C(=O)NCCCn3nc(C)c(Cl)c3C)c2)n1. The van der Waals surface area contributed by atoms with Crippen molar-refractivity contribution in [3.8, 4) is 0 Å². The molecular formula is C21H26ClN5O. The molecule has 3 aromatic rings. The van der Waals surface area contributed by atoms with Crippen molar-refractivity contribution in [3.05, 3.63) is 69.3 Å². The van der Waals surface area contributed by atoms with Gasteiger partial charge in [-0.15, -0.1) is 0 Å². The number of amides is 1. The maximum Gasteiger partial charge on any atom is 0.251 e. The number of rotatable bonds is 7. The number of hydrogen-bond acceptors (Lipinski definition) is 3. The summed E-state index contributed by atoms with van der Waals surface area (Å²) in [5.41, 5.74) is 5.61. The molecule has 0 saturated heterocycles. The molecule has 0 aliphatic rings. The predicted molar refractivity (Wildman–Crippen MR) is 111 cm³/mol. The van der Waals surface area contributed by atoms with Crippen LogP contribution in [0.15, 0.2) is 30.3 Å². The number of carbonyl (C=O) groups excluding carboxylic acids is 1. The summed E-state index contributed by atoms with van der Waals surface area (Å²) >= 11 is 6.17. The Morgan fingerprint density at radius 1 is 1.11 bits per heavy atom. The van der Waals surface area contributed by atoms with Crippen LogP contribution in [0, 0.1) is 27.7 Å². The summed E-state index contributed by atoms with van der Waals surface area (Å²) in [4.78, 5) is 12.5. The summed E-state index contributed by atoms with van der Waals surface area (Å²) in [5.74, 6) is -0.0679. The molecule has 2 heterocycles. The average Bonchev–Trinajstić information content (AvgIpc) is 3.11. The first-order valence-corrected chi connectivity index (χ1v) is 9.80. The first-order chi connectivity index (χ1) is 13.3. The summed E-state index contributed by atoms with van der Waals surface area (Å²) < 4.78 is 3.84. The van der Waals surface area contributed by atoms with Crippen molar-refractivity contribution in [2.45, 2.75) is 47.2 Å². The van der Waals surface area contributed by atoms with E-state index in [9.17, 15) is 4.79 Å². The Kier molecular flexibility index (Phi) is 6.19. The van der Waals surface area contributed by atoms with Gasteiger partial charge in [0.1, 0.15) is 0 Å². The Labute approximate surface area is 170 Å². The van der Waals surface area contributed by atoms with E-state index in [1.54, 1.807) is 0 Å². The van der Waals surface area contributed by atoms with Crippen molar-refractivity contribution in [1.29, 1.82) is 0 Å². The van der Waals surface area contributed by atoms with E-state index in [-0.39, 0.29) is 5.91 Å². The molecule has 0 fully saturated rings. The Bertz CT molecular complexity index is 989. The van der Waals surface area contributed by atoms with Crippen molar-refractivity contribution in [2.24, 2.45) is 0 Å². The van der Waals surface area contributed by atoms with E-state index in [2.05, 4.69) is 15.5 Å². The van der Waals surface area contributed by atoms with Crippen LogP contribution in [-0.4, -0.2) is 32.0 Å². The fraction of sp³-hybridized carbons (Fsp3) is 0.381. The van der Waals surface area contributed by atoms with Crippen molar-refractivity contribution in [1.82, 2.24) is 24.9 Å². The summed E-state index contributed by atoms with van der Waals surface area (Å²) in [6.07, 6.45) is 0.787. The van der Waals surface area contributed by atoms with Crippen molar-refractivity contribution < 1.29 is 4.79 Å². The van der Waals surface area contributed by atoms with E-state index in [1.807, 2.05) is 67.4 Å². The minimum absolute atomic E-state index is 0.0679. The van der Waals surface area contributed by atoms with Gasteiger partial charge in [-0.25, -0.2) is 0 Å². The van der Waals surface area contributed by atoms with E-state index in [4.69, 9.17) is 11.6 Å². The molecule has 0 unspecified atom stereocenters. The third-order valence-electron chi connectivity index (χ3n) is 4.75. The van der Waals surface area contributed by atoms with Crippen LogP contribution < -0.4 is 5.32 Å². The highest BCUT2D eigenvalue weighted by atomic mass is 35.5. The van der Waals surface area contributed by atoms with Gasteiger partial charge in [-0.3, -0.25) is 14.2 Å². The molecule has 0 aliphatic heterocycles. The van der Waals surface area contributed by atoms with E-state index < -0.39 is 0 Å². The lowest BCUT2D eigenvalue weighted by atomic mass is 10.1. The van der Waals surface area contributed by atoms with Crippen molar-refractivity contribution >= 4 is 17.5 Å². The molecule has 3 rings (SSSR count). The van der Waals surface area contributed by atoms with Gasteiger partial charge in [-0.1, -0.05) is 23.7 Å². The van der Waals surface area contributed by atoms with Crippen LogP contribution in [-0.2, 0) is 13.1 Å². The van der Waals surface area contributed by atoms with Gasteiger partial charge in [-0.2, -0.15) is 10.2 Å². The topological polar surface area (TPSA) is 64.7 Å². The number of benzene rings is 1. The highest BCUT2D eigenvalue weighted by Crippen LogP contribution is 2.18. The largest absolute Gasteiger partial charge is 0.352 e. The molecule has 1 aromatic carbocycles. The van der Waals surface area contributed by atoms with Crippen LogP contribution in [0.2, 0.25) is 5.02 Å². The molecule has 1 amide bonds. The second kappa shape index (κ2) is 8.61. The summed E-state index contributed by atoms with van der Waals surface area (Å²) in [5, 5.41) is 12.6. The fourth-order valence-electron chi connectivity index (χ4n) is 3.24. The molecule has 7 heteroatoms. The second-order valence-corrected chi connectivity index (χ2v) is 7.48. The van der Waals surface area contributed by atoms with Crippen LogP contribution in [0.5, 0.6) is 0 Å². The van der Waals surface area contributed by atoms with Gasteiger partial charge in [0.15, 0.2) is 0 Å². The van der Waals surface area contributed by atoms with E-state index in [0.29, 0.717) is 23.7 Å². The number of nitrogens with zero attached hydrogens (tertiary/aromatic N) is 4. The summed E-state index contributed by atoms with van der Waals surface area (Å²) in [6, 6.07) is 9.73. The number of hydrogen-bond donors (Lipinski definition) is 1. The minimum Gasteiger partial charge on any atom is -0.352 e. The van der Waals surface area contributed by atoms with Crippen LogP contribution in [0.4, 0.5) is 0 Å². The third kappa shape index (κ3) is 4.62. The number of halogens is 1. The number of aryl methyl sites for hydroxylation is 4. The van der Waals surface area contributed by atoms with E-state index in [1.165, 1.54) is 0 Å². The molecule has 1 N–H and O–H groups in total. The quantitative estimate of drug-likeness (QED) is 0.614. The lowest BCUT2D eigenvalue weighted by Gasteiger charge is -2.09. The molecule has 6 nitrogen and oxygen atoms in total. The number of carbonyl (C=O) groups is 1. The standard InChI is InChI=1S/C21H26ClN5O/c1-14-11-15(2)27(24-14)13-18-7-5-8-19(12-18)21(28)23-9-6-10-26-17(4)20(22)16(3)25-26/h5,7-8,11-12H,6,9-10,13H2,1-4H3,(H,23,28). The zero-order valence-electron chi connectivity index (χ0n) is 16.8. The third-order valence-corrected chi connectivity index (χ3v) is 5.30. The highest BCUT2D eigenvalue weighted by molar-refractivity contribution is 6.31.